The van der Waals surface area contributed by atoms with E-state index in [0.717, 1.165) is 16.5 Å². The van der Waals surface area contributed by atoms with Gasteiger partial charge in [-0.15, -0.1) is 0 Å². The molecule has 0 spiro atoms. The van der Waals surface area contributed by atoms with Gasteiger partial charge in [0, 0.05) is 50.1 Å². The van der Waals surface area contributed by atoms with Gasteiger partial charge < -0.3 is 9.64 Å². The summed E-state index contributed by atoms with van der Waals surface area (Å²) in [6.07, 6.45) is 2.36. The highest BCUT2D eigenvalue weighted by molar-refractivity contribution is 7.89. The van der Waals surface area contributed by atoms with Crippen LogP contribution in [0.1, 0.15) is 54.4 Å². The highest BCUT2D eigenvalue weighted by Crippen LogP contribution is 2.44. The zero-order valence-electron chi connectivity index (χ0n) is 21.4. The molecule has 1 saturated carbocycles. The van der Waals surface area contributed by atoms with Gasteiger partial charge in [-0.2, -0.15) is 8.68 Å². The van der Waals surface area contributed by atoms with Gasteiger partial charge in [-0.25, -0.2) is 18.2 Å². The van der Waals surface area contributed by atoms with E-state index in [1.54, 1.807) is 12.1 Å². The number of benzene rings is 2. The summed E-state index contributed by atoms with van der Waals surface area (Å²) in [5.74, 6) is 0.312. The number of hydrogen-bond donors (Lipinski definition) is 0. The van der Waals surface area contributed by atoms with Crippen molar-refractivity contribution in [2.45, 2.75) is 49.0 Å². The van der Waals surface area contributed by atoms with Crippen LogP contribution in [0.15, 0.2) is 59.5 Å². The number of nitrogens with zero attached hydrogens (tertiary/aromatic N) is 4. The SMILES string of the molecule is COC(=O)c1ccccc1S(=O)(=O)N1CCN(c2nc(C3(c4ccccc4)CCC(=O)CC3)ns2)CC1C. The van der Waals surface area contributed by atoms with E-state index in [4.69, 9.17) is 14.1 Å². The minimum absolute atomic E-state index is 0.0237. The van der Waals surface area contributed by atoms with Crippen LogP contribution in [-0.4, -0.2) is 66.6 Å². The van der Waals surface area contributed by atoms with Crippen molar-refractivity contribution >= 4 is 38.4 Å². The highest BCUT2D eigenvalue weighted by Gasteiger charge is 2.42. The highest BCUT2D eigenvalue weighted by atomic mass is 32.2. The molecular weight excluding hydrogens is 524 g/mol. The number of hydrogen-bond acceptors (Lipinski definition) is 9. The number of carbonyl (C=O) groups excluding carboxylic acids is 2. The van der Waals surface area contributed by atoms with E-state index >= 15 is 0 Å². The third-order valence-corrected chi connectivity index (χ3v) is 10.4. The molecule has 0 radical (unpaired) electrons. The Morgan fingerprint density at radius 1 is 1.05 bits per heavy atom. The van der Waals surface area contributed by atoms with Gasteiger partial charge in [0.2, 0.25) is 15.2 Å². The van der Waals surface area contributed by atoms with Crippen molar-refractivity contribution in [1.82, 2.24) is 13.7 Å². The first-order chi connectivity index (χ1) is 18.3. The van der Waals surface area contributed by atoms with Gasteiger partial charge in [0.05, 0.1) is 23.0 Å². The lowest BCUT2D eigenvalue weighted by Crippen LogP contribution is -2.54. The summed E-state index contributed by atoms with van der Waals surface area (Å²) in [6.45, 7) is 2.97. The lowest BCUT2D eigenvalue weighted by molar-refractivity contribution is -0.121. The van der Waals surface area contributed by atoms with E-state index in [2.05, 4.69) is 17.0 Å². The second-order valence-corrected chi connectivity index (χ2v) is 12.4. The van der Waals surface area contributed by atoms with Gasteiger partial charge in [0.15, 0.2) is 5.82 Å². The van der Waals surface area contributed by atoms with E-state index in [1.165, 1.54) is 35.1 Å². The molecule has 1 aliphatic heterocycles. The molecule has 1 saturated heterocycles. The standard InChI is InChI=1S/C27H30N4O5S2/c1-19-18-30(16-17-31(19)38(34,35)23-11-7-6-10-22(23)24(33)36-2)26-28-25(29-37-26)27(14-12-21(32)13-15-27)20-8-4-3-5-9-20/h3-11,19H,12-18H2,1-2H3. The topological polar surface area (TPSA) is 110 Å². The third-order valence-electron chi connectivity index (χ3n) is 7.55. The fourth-order valence-corrected chi connectivity index (χ4v) is 8.05. The van der Waals surface area contributed by atoms with Crippen LogP contribution in [0.5, 0.6) is 0 Å². The monoisotopic (exact) mass is 554 g/mol. The van der Waals surface area contributed by atoms with Crippen LogP contribution in [0.3, 0.4) is 0 Å². The summed E-state index contributed by atoms with van der Waals surface area (Å²) < 4.78 is 38.1. The minimum Gasteiger partial charge on any atom is -0.465 e. The molecule has 38 heavy (non-hydrogen) atoms. The molecule has 11 heteroatoms. The second kappa shape index (κ2) is 10.5. The van der Waals surface area contributed by atoms with E-state index in [1.807, 2.05) is 25.1 Å². The summed E-state index contributed by atoms with van der Waals surface area (Å²) in [7, 11) is -2.69. The van der Waals surface area contributed by atoms with Gasteiger partial charge in [-0.05, 0) is 37.5 Å². The van der Waals surface area contributed by atoms with E-state index < -0.39 is 21.4 Å². The number of rotatable bonds is 6. The zero-order valence-corrected chi connectivity index (χ0v) is 23.0. The van der Waals surface area contributed by atoms with Crippen LogP contribution in [0.25, 0.3) is 0 Å². The molecule has 1 unspecified atom stereocenters. The number of ketones is 1. The fourth-order valence-electron chi connectivity index (χ4n) is 5.46. The van der Waals surface area contributed by atoms with E-state index in [9.17, 15) is 18.0 Å². The molecule has 2 fully saturated rings. The Labute approximate surface area is 226 Å². The van der Waals surface area contributed by atoms with Crippen LogP contribution in [-0.2, 0) is 25.0 Å². The van der Waals surface area contributed by atoms with Gasteiger partial charge in [0.25, 0.3) is 0 Å². The molecular formula is C27H30N4O5S2. The quantitative estimate of drug-likeness (QED) is 0.425. The van der Waals surface area contributed by atoms with Crippen molar-refractivity contribution in [1.29, 1.82) is 0 Å². The third kappa shape index (κ3) is 4.74. The Bertz CT molecular complexity index is 1430. The lowest BCUT2D eigenvalue weighted by Gasteiger charge is -2.39. The minimum atomic E-state index is -3.92. The van der Waals surface area contributed by atoms with E-state index in [-0.39, 0.29) is 28.8 Å². The average Bonchev–Trinajstić information content (AvgIpc) is 3.44. The summed E-state index contributed by atoms with van der Waals surface area (Å²) in [4.78, 5) is 31.2. The normalized spacial score (nSPS) is 20.3. The molecule has 2 aliphatic rings. The Balaban J connectivity index is 1.38. The van der Waals surface area contributed by atoms with Gasteiger partial charge in [-0.1, -0.05) is 42.5 Å². The molecule has 200 valence electrons. The Kier molecular flexibility index (Phi) is 7.34. The number of piperazine rings is 1. The van der Waals surface area contributed by atoms with Crippen LogP contribution in [0.2, 0.25) is 0 Å². The average molecular weight is 555 g/mol. The molecule has 5 rings (SSSR count). The molecule has 3 aromatic rings. The number of ether oxygens (including phenoxy) is 1. The van der Waals surface area contributed by atoms with Crippen molar-refractivity contribution in [2.75, 3.05) is 31.6 Å². The van der Waals surface area contributed by atoms with Crippen LogP contribution in [0.4, 0.5) is 5.13 Å². The Morgan fingerprint density at radius 3 is 2.42 bits per heavy atom. The van der Waals surface area contributed by atoms with Crippen LogP contribution < -0.4 is 4.90 Å². The van der Waals surface area contributed by atoms with Crippen molar-refractivity contribution in [3.05, 3.63) is 71.5 Å². The lowest BCUT2D eigenvalue weighted by atomic mass is 9.68. The smallest absolute Gasteiger partial charge is 0.339 e. The summed E-state index contributed by atoms with van der Waals surface area (Å²) >= 11 is 1.31. The number of anilines is 1. The molecule has 9 nitrogen and oxygen atoms in total. The maximum Gasteiger partial charge on any atom is 0.339 e. The molecule has 2 heterocycles. The van der Waals surface area contributed by atoms with Crippen LogP contribution in [0, 0.1) is 0 Å². The summed E-state index contributed by atoms with van der Waals surface area (Å²) in [6, 6.07) is 15.9. The molecule has 0 N–H and O–H groups in total. The summed E-state index contributed by atoms with van der Waals surface area (Å²) in [5.41, 5.74) is 0.735. The molecule has 0 amide bonds. The fraction of sp³-hybridized carbons (Fsp3) is 0.407. The molecule has 2 aromatic carbocycles. The van der Waals surface area contributed by atoms with Crippen molar-refractivity contribution in [3.63, 3.8) is 0 Å². The summed E-state index contributed by atoms with van der Waals surface area (Å²) in [5, 5.41) is 0.742. The number of sulfonamides is 1. The second-order valence-electron chi connectivity index (χ2n) is 9.79. The molecule has 0 bridgehead atoms. The molecule has 1 aromatic heterocycles. The Hall–Kier alpha value is -3.15. The maximum absolute atomic E-state index is 13.6. The predicted molar refractivity (Wildman–Crippen MR) is 144 cm³/mol. The zero-order chi connectivity index (χ0) is 26.9. The van der Waals surface area contributed by atoms with Crippen LogP contribution >= 0.6 is 11.5 Å². The van der Waals surface area contributed by atoms with E-state index in [0.29, 0.717) is 38.8 Å². The number of Topliss-reactive ketones (excluding diaryl/α,β-unsaturated/α-hetero) is 1. The number of methoxy groups -OCH3 is 1. The maximum atomic E-state index is 13.6. The van der Waals surface area contributed by atoms with Crippen molar-refractivity contribution in [3.8, 4) is 0 Å². The van der Waals surface area contributed by atoms with Gasteiger partial charge in [0.1, 0.15) is 5.78 Å². The number of carbonyl (C=O) groups is 2. The first kappa shape index (κ1) is 26.5. The first-order valence-electron chi connectivity index (χ1n) is 12.6. The van der Waals surface area contributed by atoms with Gasteiger partial charge in [-0.3, -0.25) is 4.79 Å². The first-order valence-corrected chi connectivity index (χ1v) is 14.8. The number of aromatic nitrogens is 2. The Morgan fingerprint density at radius 2 is 1.74 bits per heavy atom. The molecule has 1 aliphatic carbocycles. The van der Waals surface area contributed by atoms with Crippen molar-refractivity contribution in [2.24, 2.45) is 0 Å². The predicted octanol–water partition coefficient (Wildman–Crippen LogP) is 3.65. The number of esters is 1. The van der Waals surface area contributed by atoms with Gasteiger partial charge >= 0.3 is 5.97 Å². The van der Waals surface area contributed by atoms with Crippen molar-refractivity contribution < 1.29 is 22.7 Å². The largest absolute Gasteiger partial charge is 0.465 e. The molecule has 1 atom stereocenters.